The number of rotatable bonds is 4. The molecule has 0 fully saturated rings. The molecule has 2 rings (SSSR count). The van der Waals surface area contributed by atoms with Gasteiger partial charge in [-0.3, -0.25) is 4.79 Å². The minimum absolute atomic E-state index is 0.00887. The Kier molecular flexibility index (Phi) is 4.33. The molecule has 4 nitrogen and oxygen atoms in total. The SMILES string of the molecule is CC(C)(C)C(CCO)NC(=O)[C@@H]1Cc2ccccc2N1. The van der Waals surface area contributed by atoms with Crippen molar-refractivity contribution < 1.29 is 9.90 Å². The number of anilines is 1. The lowest BCUT2D eigenvalue weighted by Gasteiger charge is -2.32. The Hall–Kier alpha value is -1.55. The molecule has 1 aromatic rings. The monoisotopic (exact) mass is 276 g/mol. The Morgan fingerprint density at radius 2 is 2.15 bits per heavy atom. The quantitative estimate of drug-likeness (QED) is 0.787. The highest BCUT2D eigenvalue weighted by Crippen LogP contribution is 2.26. The second-order valence-corrected chi connectivity index (χ2v) is 6.50. The van der Waals surface area contributed by atoms with E-state index in [1.54, 1.807) is 0 Å². The summed E-state index contributed by atoms with van der Waals surface area (Å²) in [5, 5.41) is 15.5. The van der Waals surface area contributed by atoms with Crippen LogP contribution in [-0.4, -0.2) is 29.7 Å². The van der Waals surface area contributed by atoms with Gasteiger partial charge < -0.3 is 15.7 Å². The van der Waals surface area contributed by atoms with Crippen molar-refractivity contribution in [2.24, 2.45) is 5.41 Å². The zero-order chi connectivity index (χ0) is 14.8. The molecule has 0 saturated heterocycles. The van der Waals surface area contributed by atoms with Crippen molar-refractivity contribution in [3.05, 3.63) is 29.8 Å². The van der Waals surface area contributed by atoms with Crippen LogP contribution in [0.5, 0.6) is 0 Å². The average molecular weight is 276 g/mol. The number of amides is 1. The fourth-order valence-electron chi connectivity index (χ4n) is 2.58. The summed E-state index contributed by atoms with van der Waals surface area (Å²) in [6.45, 7) is 6.31. The summed E-state index contributed by atoms with van der Waals surface area (Å²) in [5.41, 5.74) is 2.16. The Morgan fingerprint density at radius 3 is 2.75 bits per heavy atom. The third-order valence-corrected chi connectivity index (χ3v) is 3.87. The van der Waals surface area contributed by atoms with E-state index in [4.69, 9.17) is 5.11 Å². The van der Waals surface area contributed by atoms with E-state index < -0.39 is 0 Å². The van der Waals surface area contributed by atoms with Gasteiger partial charge in [-0.05, 0) is 23.5 Å². The number of nitrogens with one attached hydrogen (secondary N) is 2. The van der Waals surface area contributed by atoms with Crippen LogP contribution in [0, 0.1) is 5.41 Å². The summed E-state index contributed by atoms with van der Waals surface area (Å²) >= 11 is 0. The summed E-state index contributed by atoms with van der Waals surface area (Å²) in [6, 6.07) is 7.77. The summed E-state index contributed by atoms with van der Waals surface area (Å²) in [4.78, 5) is 12.4. The number of hydrogen-bond acceptors (Lipinski definition) is 3. The zero-order valence-electron chi connectivity index (χ0n) is 12.4. The van der Waals surface area contributed by atoms with Gasteiger partial charge in [0.15, 0.2) is 0 Å². The molecule has 0 aliphatic carbocycles. The molecule has 1 aliphatic rings. The van der Waals surface area contributed by atoms with Crippen molar-refractivity contribution in [3.63, 3.8) is 0 Å². The Morgan fingerprint density at radius 1 is 1.45 bits per heavy atom. The molecule has 1 unspecified atom stereocenters. The molecular formula is C16H24N2O2. The van der Waals surface area contributed by atoms with Crippen molar-refractivity contribution in [1.29, 1.82) is 0 Å². The van der Waals surface area contributed by atoms with E-state index in [0.717, 1.165) is 12.1 Å². The predicted molar refractivity (Wildman–Crippen MR) is 80.6 cm³/mol. The summed E-state index contributed by atoms with van der Waals surface area (Å²) in [7, 11) is 0. The highest BCUT2D eigenvalue weighted by molar-refractivity contribution is 5.87. The van der Waals surface area contributed by atoms with Crippen molar-refractivity contribution in [3.8, 4) is 0 Å². The van der Waals surface area contributed by atoms with Crippen LogP contribution in [0.4, 0.5) is 5.69 Å². The van der Waals surface area contributed by atoms with Gasteiger partial charge in [0.1, 0.15) is 6.04 Å². The molecule has 0 aromatic heterocycles. The van der Waals surface area contributed by atoms with Crippen molar-refractivity contribution >= 4 is 11.6 Å². The smallest absolute Gasteiger partial charge is 0.243 e. The lowest BCUT2D eigenvalue weighted by atomic mass is 9.84. The molecule has 1 heterocycles. The first-order chi connectivity index (χ1) is 9.41. The third-order valence-electron chi connectivity index (χ3n) is 3.87. The molecule has 1 aromatic carbocycles. The topological polar surface area (TPSA) is 61.4 Å². The van der Waals surface area contributed by atoms with Crippen LogP contribution < -0.4 is 10.6 Å². The van der Waals surface area contributed by atoms with Gasteiger partial charge >= 0.3 is 0 Å². The minimum Gasteiger partial charge on any atom is -0.396 e. The molecular weight excluding hydrogens is 252 g/mol. The third kappa shape index (κ3) is 3.31. The first kappa shape index (κ1) is 14.9. The van der Waals surface area contributed by atoms with Crippen molar-refractivity contribution in [2.75, 3.05) is 11.9 Å². The summed E-state index contributed by atoms with van der Waals surface area (Å²) < 4.78 is 0. The van der Waals surface area contributed by atoms with Crippen LogP contribution in [0.15, 0.2) is 24.3 Å². The summed E-state index contributed by atoms with van der Waals surface area (Å²) in [5.74, 6) is 0.00887. The van der Waals surface area contributed by atoms with Gasteiger partial charge in [-0.1, -0.05) is 39.0 Å². The maximum absolute atomic E-state index is 12.4. The predicted octanol–water partition coefficient (Wildman–Crippen LogP) is 1.94. The van der Waals surface area contributed by atoms with Gasteiger partial charge in [-0.2, -0.15) is 0 Å². The second kappa shape index (κ2) is 5.83. The zero-order valence-corrected chi connectivity index (χ0v) is 12.4. The van der Waals surface area contributed by atoms with Crippen LogP contribution in [0.1, 0.15) is 32.8 Å². The normalized spacial score (nSPS) is 19.1. The Labute approximate surface area is 120 Å². The first-order valence-electron chi connectivity index (χ1n) is 7.17. The lowest BCUT2D eigenvalue weighted by molar-refractivity contribution is -0.123. The molecule has 4 heteroatoms. The van der Waals surface area contributed by atoms with E-state index in [1.165, 1.54) is 5.56 Å². The maximum atomic E-state index is 12.4. The fourth-order valence-corrected chi connectivity index (χ4v) is 2.58. The van der Waals surface area contributed by atoms with Gasteiger partial charge in [0.25, 0.3) is 0 Å². The number of aliphatic hydroxyl groups is 1. The van der Waals surface area contributed by atoms with E-state index >= 15 is 0 Å². The summed E-state index contributed by atoms with van der Waals surface area (Å²) in [6.07, 6.45) is 1.30. The number of benzene rings is 1. The molecule has 110 valence electrons. The maximum Gasteiger partial charge on any atom is 0.243 e. The van der Waals surface area contributed by atoms with Crippen LogP contribution >= 0.6 is 0 Å². The van der Waals surface area contributed by atoms with E-state index in [0.29, 0.717) is 6.42 Å². The molecule has 0 saturated carbocycles. The fraction of sp³-hybridized carbons (Fsp3) is 0.562. The lowest BCUT2D eigenvalue weighted by Crippen LogP contribution is -2.49. The van der Waals surface area contributed by atoms with Gasteiger partial charge in [0.05, 0.1) is 0 Å². The van der Waals surface area contributed by atoms with Crippen molar-refractivity contribution in [2.45, 2.75) is 45.7 Å². The van der Waals surface area contributed by atoms with Gasteiger partial charge in [-0.25, -0.2) is 0 Å². The number of carbonyl (C=O) groups is 1. The van der Waals surface area contributed by atoms with Crippen LogP contribution in [-0.2, 0) is 11.2 Å². The molecule has 3 N–H and O–H groups in total. The van der Waals surface area contributed by atoms with Crippen molar-refractivity contribution in [1.82, 2.24) is 5.32 Å². The number of aliphatic hydroxyl groups excluding tert-OH is 1. The highest BCUT2D eigenvalue weighted by Gasteiger charge is 2.31. The molecule has 20 heavy (non-hydrogen) atoms. The van der Waals surface area contributed by atoms with E-state index in [1.807, 2.05) is 24.3 Å². The highest BCUT2D eigenvalue weighted by atomic mass is 16.3. The van der Waals surface area contributed by atoms with Gasteiger partial charge in [-0.15, -0.1) is 0 Å². The standard InChI is InChI=1S/C16H24N2O2/c1-16(2,3)14(8-9-19)18-15(20)13-10-11-6-4-5-7-12(11)17-13/h4-7,13-14,17,19H,8-10H2,1-3H3,(H,18,20)/t13-,14?/m0/s1. The molecule has 0 radical (unpaired) electrons. The number of carbonyl (C=O) groups excluding carboxylic acids is 1. The van der Waals surface area contributed by atoms with Crippen LogP contribution in [0.2, 0.25) is 0 Å². The molecule has 0 bridgehead atoms. The minimum atomic E-state index is -0.212. The number of hydrogen-bond donors (Lipinski definition) is 3. The Balaban J connectivity index is 1.99. The molecule has 1 aliphatic heterocycles. The van der Waals surface area contributed by atoms with Crippen LogP contribution in [0.3, 0.4) is 0 Å². The number of fused-ring (bicyclic) bond motifs is 1. The first-order valence-corrected chi connectivity index (χ1v) is 7.17. The van der Waals surface area contributed by atoms with Crippen LogP contribution in [0.25, 0.3) is 0 Å². The van der Waals surface area contributed by atoms with E-state index in [9.17, 15) is 4.79 Å². The average Bonchev–Trinajstić information content (AvgIpc) is 2.80. The molecule has 0 spiro atoms. The molecule has 1 amide bonds. The van der Waals surface area contributed by atoms with E-state index in [-0.39, 0.29) is 30.0 Å². The Bertz CT molecular complexity index is 455. The number of para-hydroxylation sites is 1. The van der Waals surface area contributed by atoms with E-state index in [2.05, 4.69) is 31.4 Å². The molecule has 2 atom stereocenters. The second-order valence-electron chi connectivity index (χ2n) is 6.50. The van der Waals surface area contributed by atoms with Gasteiger partial charge in [0, 0.05) is 24.8 Å². The van der Waals surface area contributed by atoms with Gasteiger partial charge in [0.2, 0.25) is 5.91 Å². The largest absolute Gasteiger partial charge is 0.396 e.